The highest BCUT2D eigenvalue weighted by molar-refractivity contribution is 14.1. The van der Waals surface area contributed by atoms with E-state index in [1.807, 2.05) is 79.7 Å². The van der Waals surface area contributed by atoms with Crippen molar-refractivity contribution >= 4 is 43.7 Å². The molecule has 0 radical (unpaired) electrons. The van der Waals surface area contributed by atoms with Crippen molar-refractivity contribution in [2.45, 2.75) is 26.5 Å². The van der Waals surface area contributed by atoms with Crippen LogP contribution in [0.5, 0.6) is 0 Å². The Hall–Kier alpha value is -1.15. The van der Waals surface area contributed by atoms with Crippen molar-refractivity contribution in [2.75, 3.05) is 6.26 Å². The van der Waals surface area contributed by atoms with E-state index in [1.54, 1.807) is 6.26 Å². The fraction of sp³-hybridized carbons (Fsp3) is 0.100. The van der Waals surface area contributed by atoms with Crippen LogP contribution >= 0.6 is 22.6 Å². The van der Waals surface area contributed by atoms with Crippen LogP contribution in [0, 0.1) is 10.5 Å². The molecule has 3 rings (SSSR count). The maximum atomic E-state index is 13.2. The molecule has 25 heavy (non-hydrogen) atoms. The van der Waals surface area contributed by atoms with Gasteiger partial charge in [0.1, 0.15) is 0 Å². The Morgan fingerprint density at radius 3 is 1.68 bits per heavy atom. The summed E-state index contributed by atoms with van der Waals surface area (Å²) in [5.41, 5.74) is 1.15. The smallest absolute Gasteiger partial charge is 0.158 e. The SMILES string of the molecule is Cc1ccc([SH](C)(=O)c2ccc([S+]([O-])c3ccc(I)cc3)cc2)cc1. The van der Waals surface area contributed by atoms with Gasteiger partial charge < -0.3 is 4.55 Å². The standard InChI is InChI=1S/C20H19IO2S2/c1-15-3-11-19(12-4-15)25(2,23)20-13-9-18(10-14-20)24(22)17-7-5-16(21)6-8-17/h3-14,25H,1-2H3. The molecule has 0 bridgehead atoms. The number of benzene rings is 3. The molecule has 0 aromatic heterocycles. The molecule has 0 aliphatic heterocycles. The van der Waals surface area contributed by atoms with Crippen molar-refractivity contribution in [3.8, 4) is 0 Å². The van der Waals surface area contributed by atoms with E-state index in [-0.39, 0.29) is 0 Å². The predicted octanol–water partition coefficient (Wildman–Crippen LogP) is 4.83. The first kappa shape index (κ1) is 18.6. The van der Waals surface area contributed by atoms with Crippen molar-refractivity contribution in [1.82, 2.24) is 0 Å². The highest BCUT2D eigenvalue weighted by atomic mass is 127. The van der Waals surface area contributed by atoms with E-state index in [9.17, 15) is 8.76 Å². The Morgan fingerprint density at radius 2 is 1.20 bits per heavy atom. The van der Waals surface area contributed by atoms with E-state index in [0.717, 1.165) is 23.8 Å². The minimum atomic E-state index is -2.65. The summed E-state index contributed by atoms with van der Waals surface area (Å²) >= 11 is 0.994. The Morgan fingerprint density at radius 1 is 0.800 bits per heavy atom. The first-order chi connectivity index (χ1) is 11.9. The van der Waals surface area contributed by atoms with Crippen LogP contribution in [-0.2, 0) is 21.1 Å². The zero-order valence-corrected chi connectivity index (χ0v) is 17.8. The Labute approximate surface area is 166 Å². The molecule has 1 atom stereocenters. The molecule has 0 saturated carbocycles. The second-order valence-electron chi connectivity index (χ2n) is 5.98. The highest BCUT2D eigenvalue weighted by Gasteiger charge is 2.18. The van der Waals surface area contributed by atoms with Crippen LogP contribution in [0.1, 0.15) is 5.56 Å². The lowest BCUT2D eigenvalue weighted by Crippen LogP contribution is -2.11. The quantitative estimate of drug-likeness (QED) is 0.329. The molecule has 5 heteroatoms. The zero-order valence-electron chi connectivity index (χ0n) is 14.0. The van der Waals surface area contributed by atoms with Crippen LogP contribution in [0.4, 0.5) is 0 Å². The molecule has 3 aromatic rings. The van der Waals surface area contributed by atoms with Gasteiger partial charge in [0.2, 0.25) is 0 Å². The third kappa shape index (κ3) is 4.16. The monoisotopic (exact) mass is 482 g/mol. The Balaban J connectivity index is 1.87. The molecule has 0 saturated heterocycles. The second-order valence-corrected chi connectivity index (χ2v) is 11.6. The van der Waals surface area contributed by atoms with Crippen LogP contribution in [0.3, 0.4) is 0 Å². The van der Waals surface area contributed by atoms with Gasteiger partial charge in [0.25, 0.3) is 0 Å². The largest absolute Gasteiger partial charge is 0.606 e. The Bertz CT molecular complexity index is 904. The number of rotatable bonds is 4. The number of hydrogen-bond donors (Lipinski definition) is 1. The van der Waals surface area contributed by atoms with E-state index < -0.39 is 21.1 Å². The van der Waals surface area contributed by atoms with Gasteiger partial charge in [-0.25, -0.2) is 0 Å². The molecule has 0 aliphatic carbocycles. The van der Waals surface area contributed by atoms with Crippen molar-refractivity contribution in [3.05, 3.63) is 81.9 Å². The molecule has 0 fully saturated rings. The number of aryl methyl sites for hydroxylation is 1. The summed E-state index contributed by atoms with van der Waals surface area (Å²) in [5, 5.41) is 0. The Kier molecular flexibility index (Phi) is 5.68. The molecule has 0 heterocycles. The summed E-state index contributed by atoms with van der Waals surface area (Å²) in [6, 6.07) is 22.7. The molecule has 2 nitrogen and oxygen atoms in total. The fourth-order valence-electron chi connectivity index (χ4n) is 2.53. The highest BCUT2D eigenvalue weighted by Crippen LogP contribution is 2.29. The second kappa shape index (κ2) is 7.61. The summed E-state index contributed by atoms with van der Waals surface area (Å²) < 4.78 is 27.0. The van der Waals surface area contributed by atoms with Gasteiger partial charge in [-0.2, -0.15) is 0 Å². The average molecular weight is 482 g/mol. The third-order valence-corrected chi connectivity index (χ3v) is 8.78. The van der Waals surface area contributed by atoms with Crippen LogP contribution in [0.2, 0.25) is 0 Å². The van der Waals surface area contributed by atoms with Crippen molar-refractivity contribution in [1.29, 1.82) is 0 Å². The van der Waals surface area contributed by atoms with E-state index >= 15 is 0 Å². The minimum Gasteiger partial charge on any atom is -0.606 e. The van der Waals surface area contributed by atoms with Crippen molar-refractivity contribution < 1.29 is 8.76 Å². The van der Waals surface area contributed by atoms with Crippen LogP contribution in [-0.4, -0.2) is 15.0 Å². The maximum absolute atomic E-state index is 13.2. The number of halogens is 1. The molecule has 0 amide bonds. The minimum absolute atomic E-state index is 0.717. The van der Waals surface area contributed by atoms with Crippen LogP contribution < -0.4 is 0 Å². The fourth-order valence-corrected chi connectivity index (χ4v) is 5.66. The van der Waals surface area contributed by atoms with Crippen molar-refractivity contribution in [2.24, 2.45) is 0 Å². The topological polar surface area (TPSA) is 40.1 Å². The van der Waals surface area contributed by atoms with E-state index in [0.29, 0.717) is 4.90 Å². The molecule has 0 aliphatic rings. The summed E-state index contributed by atoms with van der Waals surface area (Å²) in [5.74, 6) is 0. The van der Waals surface area contributed by atoms with Crippen LogP contribution in [0.25, 0.3) is 0 Å². The summed E-state index contributed by atoms with van der Waals surface area (Å²) in [6.07, 6.45) is 1.78. The molecular weight excluding hydrogens is 463 g/mol. The predicted molar refractivity (Wildman–Crippen MR) is 113 cm³/mol. The van der Waals surface area contributed by atoms with Gasteiger partial charge in [0.05, 0.1) is 0 Å². The molecule has 0 N–H and O–H groups in total. The van der Waals surface area contributed by atoms with Gasteiger partial charge in [0, 0.05) is 24.5 Å². The molecule has 1 unspecified atom stereocenters. The molecule has 130 valence electrons. The first-order valence-electron chi connectivity index (χ1n) is 7.81. The summed E-state index contributed by atoms with van der Waals surface area (Å²) in [6.45, 7) is 2.01. The maximum Gasteiger partial charge on any atom is 0.158 e. The van der Waals surface area contributed by atoms with Gasteiger partial charge in [-0.3, -0.25) is 4.21 Å². The van der Waals surface area contributed by atoms with Gasteiger partial charge in [0.15, 0.2) is 9.79 Å². The lowest BCUT2D eigenvalue weighted by atomic mass is 10.2. The normalized spacial score (nSPS) is 13.4. The third-order valence-electron chi connectivity index (χ3n) is 4.10. The summed E-state index contributed by atoms with van der Waals surface area (Å²) in [4.78, 5) is 3.10. The van der Waals surface area contributed by atoms with Gasteiger partial charge >= 0.3 is 0 Å². The number of hydrogen-bond acceptors (Lipinski definition) is 2. The van der Waals surface area contributed by atoms with Crippen molar-refractivity contribution in [3.63, 3.8) is 0 Å². The first-order valence-corrected chi connectivity index (χ1v) is 12.2. The van der Waals surface area contributed by atoms with Gasteiger partial charge in [-0.05, 0) is 96.4 Å². The average Bonchev–Trinajstić information content (AvgIpc) is 2.62. The van der Waals surface area contributed by atoms with Crippen LogP contribution in [0.15, 0.2) is 92.4 Å². The van der Waals surface area contributed by atoms with E-state index in [2.05, 4.69) is 22.6 Å². The van der Waals surface area contributed by atoms with E-state index in [4.69, 9.17) is 0 Å². The van der Waals surface area contributed by atoms with E-state index in [1.165, 1.54) is 0 Å². The molecule has 3 aromatic carbocycles. The molecule has 0 spiro atoms. The van der Waals surface area contributed by atoms with Gasteiger partial charge in [-0.1, -0.05) is 27.6 Å². The lowest BCUT2D eigenvalue weighted by molar-refractivity contribution is 0.595. The lowest BCUT2D eigenvalue weighted by Gasteiger charge is -2.20. The van der Waals surface area contributed by atoms with Gasteiger partial charge in [-0.15, -0.1) is 0 Å². The molecular formula is C20H19IO2S2. The summed E-state index contributed by atoms with van der Waals surface area (Å²) in [7, 11) is -2.65. The zero-order chi connectivity index (χ0) is 18.0. The number of thiol groups is 1.